The van der Waals surface area contributed by atoms with Crippen LogP contribution >= 0.6 is 0 Å². The molecule has 0 fully saturated rings. The average Bonchev–Trinajstić information content (AvgIpc) is 2.52. The summed E-state index contributed by atoms with van der Waals surface area (Å²) in [6, 6.07) is 6.22. The monoisotopic (exact) mass is 351 g/mol. The lowest BCUT2D eigenvalue weighted by molar-refractivity contribution is -0.515. The van der Waals surface area contributed by atoms with E-state index in [4.69, 9.17) is 4.74 Å². The van der Waals surface area contributed by atoms with Crippen LogP contribution in [0, 0.1) is 10.1 Å². The first kappa shape index (κ1) is 20.3. The number of rotatable bonds is 7. The van der Waals surface area contributed by atoms with E-state index in [1.807, 2.05) is 0 Å². The van der Waals surface area contributed by atoms with Gasteiger partial charge < -0.3 is 9.47 Å². The Morgan fingerprint density at radius 3 is 2.16 bits per heavy atom. The minimum atomic E-state index is -1.82. The molecule has 0 aliphatic heterocycles. The number of nitro groups is 1. The molecule has 0 radical (unpaired) electrons. The molecule has 0 saturated heterocycles. The number of hydrogen-bond donors (Lipinski definition) is 0. The van der Waals surface area contributed by atoms with E-state index < -0.39 is 46.6 Å². The predicted molar refractivity (Wildman–Crippen MR) is 87.5 cm³/mol. The number of hydrogen-bond acceptors (Lipinski definition) is 7. The van der Waals surface area contributed by atoms with E-state index in [2.05, 4.69) is 4.74 Å². The van der Waals surface area contributed by atoms with Crippen LogP contribution in [0.3, 0.4) is 0 Å². The minimum Gasteiger partial charge on any atom is -0.463 e. The van der Waals surface area contributed by atoms with Gasteiger partial charge in [0.05, 0.1) is 13.0 Å². The maximum Gasteiger partial charge on any atom is 0.382 e. The van der Waals surface area contributed by atoms with Gasteiger partial charge in [0.25, 0.3) is 0 Å². The summed E-state index contributed by atoms with van der Waals surface area (Å²) in [7, 11) is 1.04. The van der Waals surface area contributed by atoms with Gasteiger partial charge in [-0.2, -0.15) is 0 Å². The molecule has 0 spiro atoms. The van der Waals surface area contributed by atoms with E-state index in [1.165, 1.54) is 0 Å². The highest BCUT2D eigenvalue weighted by atomic mass is 16.6. The van der Waals surface area contributed by atoms with Gasteiger partial charge in [0.2, 0.25) is 5.78 Å². The first-order chi connectivity index (χ1) is 11.6. The molecular formula is C17H21NO7. The van der Waals surface area contributed by atoms with Gasteiger partial charge in [-0.25, -0.2) is 9.59 Å². The van der Waals surface area contributed by atoms with Crippen LogP contribution in [0.4, 0.5) is 0 Å². The van der Waals surface area contributed by atoms with Crippen LogP contribution in [0.5, 0.6) is 0 Å². The summed E-state index contributed by atoms with van der Waals surface area (Å²) in [5, 5.41) is 11.5. The molecule has 0 aromatic heterocycles. The smallest absolute Gasteiger partial charge is 0.382 e. The number of carbonyl (C=O) groups is 3. The summed E-state index contributed by atoms with van der Waals surface area (Å²) in [4.78, 5) is 46.4. The van der Waals surface area contributed by atoms with E-state index in [0.717, 1.165) is 7.11 Å². The van der Waals surface area contributed by atoms with Crippen molar-refractivity contribution in [3.8, 4) is 0 Å². The number of methoxy groups -OCH3 is 1. The first-order valence-electron chi connectivity index (χ1n) is 7.59. The van der Waals surface area contributed by atoms with E-state index in [1.54, 1.807) is 51.1 Å². The second-order valence-electron chi connectivity index (χ2n) is 6.40. The van der Waals surface area contributed by atoms with Gasteiger partial charge in [0, 0.05) is 11.3 Å². The second-order valence-corrected chi connectivity index (χ2v) is 6.40. The highest BCUT2D eigenvalue weighted by Gasteiger charge is 2.44. The summed E-state index contributed by atoms with van der Waals surface area (Å²) in [6.07, 6.45) is -0.540. The Bertz CT molecular complexity index is 649. The van der Waals surface area contributed by atoms with Gasteiger partial charge in [-0.15, -0.1) is 0 Å². The topological polar surface area (TPSA) is 113 Å². The highest BCUT2D eigenvalue weighted by Crippen LogP contribution is 2.28. The third kappa shape index (κ3) is 5.98. The molecule has 0 N–H and O–H groups in total. The Morgan fingerprint density at radius 2 is 1.72 bits per heavy atom. The molecule has 0 bridgehead atoms. The van der Waals surface area contributed by atoms with Gasteiger partial charge >= 0.3 is 18.0 Å². The standard InChI is InChI=1S/C17H21NO7/c1-17(2,3)25-16(21)14(18(22)23)12(10-13(19)15(20)24-4)11-8-6-5-7-9-11/h5-9,12,14H,10H2,1-4H3/t12-,14?/m1/s1. The molecule has 1 rings (SSSR count). The molecule has 25 heavy (non-hydrogen) atoms. The SMILES string of the molecule is COC(=O)C(=O)C[C@H](c1ccccc1)C(C(=O)OC(C)(C)C)[N+](=O)[O-]. The molecule has 0 aliphatic carbocycles. The molecule has 1 unspecified atom stereocenters. The maximum absolute atomic E-state index is 12.3. The van der Waals surface area contributed by atoms with Crippen LogP contribution in [0.15, 0.2) is 30.3 Å². The third-order valence-electron chi connectivity index (χ3n) is 3.30. The Hall–Kier alpha value is -2.77. The summed E-state index contributed by atoms with van der Waals surface area (Å²) >= 11 is 0. The largest absolute Gasteiger partial charge is 0.463 e. The molecule has 0 heterocycles. The zero-order chi connectivity index (χ0) is 19.2. The fourth-order valence-electron chi connectivity index (χ4n) is 2.27. The lowest BCUT2D eigenvalue weighted by atomic mass is 9.87. The van der Waals surface area contributed by atoms with Crippen molar-refractivity contribution in [1.29, 1.82) is 0 Å². The van der Waals surface area contributed by atoms with Crippen LogP contribution in [0.2, 0.25) is 0 Å². The Balaban J connectivity index is 3.26. The average molecular weight is 351 g/mol. The predicted octanol–water partition coefficient (Wildman–Crippen LogP) is 1.89. The molecule has 0 aliphatic rings. The molecule has 1 aromatic rings. The van der Waals surface area contributed by atoms with Crippen LogP contribution < -0.4 is 0 Å². The molecule has 1 aromatic carbocycles. The van der Waals surface area contributed by atoms with Crippen LogP contribution in [0.1, 0.15) is 38.7 Å². The van der Waals surface area contributed by atoms with Crippen molar-refractivity contribution in [3.05, 3.63) is 46.0 Å². The fraction of sp³-hybridized carbons (Fsp3) is 0.471. The van der Waals surface area contributed by atoms with Crippen molar-refractivity contribution in [1.82, 2.24) is 0 Å². The lowest BCUT2D eigenvalue weighted by Crippen LogP contribution is -2.41. The Labute approximate surface area is 145 Å². The van der Waals surface area contributed by atoms with E-state index in [-0.39, 0.29) is 0 Å². The summed E-state index contributed by atoms with van der Waals surface area (Å²) in [5.41, 5.74) is -0.550. The lowest BCUT2D eigenvalue weighted by Gasteiger charge is -2.24. The van der Waals surface area contributed by atoms with E-state index in [0.29, 0.717) is 5.56 Å². The minimum absolute atomic E-state index is 0.382. The quantitative estimate of drug-likeness (QED) is 0.319. The molecule has 2 atom stereocenters. The summed E-state index contributed by atoms with van der Waals surface area (Å²) in [6.45, 7) is 4.75. The van der Waals surface area contributed by atoms with Gasteiger partial charge in [-0.3, -0.25) is 14.9 Å². The zero-order valence-corrected chi connectivity index (χ0v) is 14.6. The summed E-state index contributed by atoms with van der Waals surface area (Å²) < 4.78 is 9.48. The van der Waals surface area contributed by atoms with Crippen molar-refractivity contribution in [2.75, 3.05) is 7.11 Å². The Kier molecular flexibility index (Phi) is 6.78. The first-order valence-corrected chi connectivity index (χ1v) is 7.59. The zero-order valence-electron chi connectivity index (χ0n) is 14.6. The number of nitrogens with zero attached hydrogens (tertiary/aromatic N) is 1. The number of esters is 2. The van der Waals surface area contributed by atoms with E-state index >= 15 is 0 Å². The van der Waals surface area contributed by atoms with Crippen LogP contribution in [-0.4, -0.2) is 41.4 Å². The fourth-order valence-corrected chi connectivity index (χ4v) is 2.27. The molecule has 8 nitrogen and oxygen atoms in total. The molecular weight excluding hydrogens is 330 g/mol. The number of carbonyl (C=O) groups excluding carboxylic acids is 3. The number of ether oxygens (including phenoxy) is 2. The maximum atomic E-state index is 12.3. The second kappa shape index (κ2) is 8.36. The summed E-state index contributed by atoms with van der Waals surface area (Å²) in [5.74, 6) is -4.29. The highest BCUT2D eigenvalue weighted by molar-refractivity contribution is 6.33. The van der Waals surface area contributed by atoms with Gasteiger partial charge in [-0.05, 0) is 26.3 Å². The van der Waals surface area contributed by atoms with E-state index in [9.17, 15) is 24.5 Å². The normalized spacial score (nSPS) is 13.4. The molecule has 136 valence electrons. The van der Waals surface area contributed by atoms with Gasteiger partial charge in [0.1, 0.15) is 5.60 Å². The molecule has 0 saturated carbocycles. The van der Waals surface area contributed by atoms with Crippen molar-refractivity contribution in [3.63, 3.8) is 0 Å². The number of ketones is 1. The van der Waals surface area contributed by atoms with Gasteiger partial charge in [0.15, 0.2) is 0 Å². The molecule has 0 amide bonds. The number of Topliss-reactive ketones (excluding diaryl/α,β-unsaturated/α-hetero) is 1. The Morgan fingerprint density at radius 1 is 1.16 bits per heavy atom. The van der Waals surface area contributed by atoms with Crippen LogP contribution in [-0.2, 0) is 23.9 Å². The third-order valence-corrected chi connectivity index (χ3v) is 3.30. The van der Waals surface area contributed by atoms with Crippen molar-refractivity contribution < 1.29 is 28.8 Å². The molecule has 8 heteroatoms. The van der Waals surface area contributed by atoms with Crippen molar-refractivity contribution >= 4 is 17.7 Å². The van der Waals surface area contributed by atoms with Gasteiger partial charge in [-0.1, -0.05) is 30.3 Å². The van der Waals surface area contributed by atoms with Crippen LogP contribution in [0.25, 0.3) is 0 Å². The number of benzene rings is 1. The van der Waals surface area contributed by atoms with Crippen molar-refractivity contribution in [2.24, 2.45) is 0 Å². The van der Waals surface area contributed by atoms with Crippen molar-refractivity contribution in [2.45, 2.75) is 44.8 Å².